The quantitative estimate of drug-likeness (QED) is 0.689. The van der Waals surface area contributed by atoms with Crippen molar-refractivity contribution in [3.8, 4) is 11.5 Å². The van der Waals surface area contributed by atoms with E-state index in [0.717, 1.165) is 82.1 Å². The molecule has 172 valence electrons. The lowest BCUT2D eigenvalue weighted by Crippen LogP contribution is -2.52. The van der Waals surface area contributed by atoms with Crippen molar-refractivity contribution in [2.75, 3.05) is 58.4 Å². The summed E-state index contributed by atoms with van der Waals surface area (Å²) in [5.74, 6) is 2.63. The highest BCUT2D eigenvalue weighted by atomic mass is 16.5. The van der Waals surface area contributed by atoms with Crippen LogP contribution in [0.5, 0.6) is 11.5 Å². The number of anilines is 1. The first kappa shape index (κ1) is 21.5. The highest BCUT2D eigenvalue weighted by Crippen LogP contribution is 2.28. The number of hydrogen-bond acceptors (Lipinski definition) is 7. The van der Waals surface area contributed by atoms with Gasteiger partial charge >= 0.3 is 0 Å². The Morgan fingerprint density at radius 1 is 0.969 bits per heavy atom. The van der Waals surface area contributed by atoms with Gasteiger partial charge in [0.05, 0.1) is 19.9 Å². The van der Waals surface area contributed by atoms with E-state index in [4.69, 9.17) is 19.4 Å². The van der Waals surface area contributed by atoms with E-state index in [1.807, 2.05) is 12.1 Å². The van der Waals surface area contributed by atoms with Crippen molar-refractivity contribution in [3.63, 3.8) is 0 Å². The van der Waals surface area contributed by atoms with Crippen LogP contribution in [-0.2, 0) is 19.4 Å². The minimum absolute atomic E-state index is 0.824. The second-order valence-electron chi connectivity index (χ2n) is 9.20. The van der Waals surface area contributed by atoms with Crippen molar-refractivity contribution in [2.24, 2.45) is 0 Å². The normalized spacial score (nSPS) is 20.4. The standard InChI is InChI=1S/C25H35N5O2/c1-31-22-7-6-20(24(16-22)32-2)18-28-10-8-19-17-26-25(27-23(19)9-11-28)30-14-12-29(13-15-30)21-4-3-5-21/h6-7,16-17,21H,3-5,8-15,18H2,1-2H3. The van der Waals surface area contributed by atoms with Crippen molar-refractivity contribution in [3.05, 3.63) is 41.2 Å². The molecule has 32 heavy (non-hydrogen) atoms. The van der Waals surface area contributed by atoms with Gasteiger partial charge in [0, 0.05) is 76.1 Å². The van der Waals surface area contributed by atoms with Gasteiger partial charge in [0.25, 0.3) is 0 Å². The number of aromatic nitrogens is 2. The predicted octanol–water partition coefficient (Wildman–Crippen LogP) is 2.77. The Hall–Kier alpha value is -2.38. The SMILES string of the molecule is COc1ccc(CN2CCc3cnc(N4CCN(C5CCC5)CC4)nc3CC2)c(OC)c1. The molecule has 5 rings (SSSR count). The lowest BCUT2D eigenvalue weighted by atomic mass is 9.91. The van der Waals surface area contributed by atoms with E-state index in [1.54, 1.807) is 14.2 Å². The van der Waals surface area contributed by atoms with Gasteiger partial charge in [-0.25, -0.2) is 9.97 Å². The zero-order chi connectivity index (χ0) is 21.9. The molecule has 0 N–H and O–H groups in total. The maximum Gasteiger partial charge on any atom is 0.225 e. The predicted molar refractivity (Wildman–Crippen MR) is 126 cm³/mol. The van der Waals surface area contributed by atoms with Crippen LogP contribution in [0.1, 0.15) is 36.1 Å². The van der Waals surface area contributed by atoms with Crippen LogP contribution >= 0.6 is 0 Å². The van der Waals surface area contributed by atoms with Crippen LogP contribution in [-0.4, -0.2) is 79.3 Å². The van der Waals surface area contributed by atoms with Gasteiger partial charge in [0.15, 0.2) is 0 Å². The largest absolute Gasteiger partial charge is 0.497 e. The van der Waals surface area contributed by atoms with Gasteiger partial charge < -0.3 is 14.4 Å². The number of fused-ring (bicyclic) bond motifs is 1. The first-order valence-electron chi connectivity index (χ1n) is 12.0. The molecule has 2 fully saturated rings. The summed E-state index contributed by atoms with van der Waals surface area (Å²) in [6.45, 7) is 7.23. The Kier molecular flexibility index (Phi) is 6.46. The molecule has 1 saturated carbocycles. The number of nitrogens with zero attached hydrogens (tertiary/aromatic N) is 5. The van der Waals surface area contributed by atoms with E-state index in [2.05, 4.69) is 27.0 Å². The minimum atomic E-state index is 0.824. The molecule has 1 aromatic heterocycles. The topological polar surface area (TPSA) is 54.0 Å². The first-order valence-corrected chi connectivity index (χ1v) is 12.0. The van der Waals surface area contributed by atoms with Crippen LogP contribution in [0.3, 0.4) is 0 Å². The zero-order valence-corrected chi connectivity index (χ0v) is 19.4. The summed E-state index contributed by atoms with van der Waals surface area (Å²) in [6.07, 6.45) is 8.20. The third-order valence-corrected chi connectivity index (χ3v) is 7.38. The number of ether oxygens (including phenoxy) is 2. The first-order chi connectivity index (χ1) is 15.7. The fourth-order valence-corrected chi connectivity index (χ4v) is 5.08. The number of benzene rings is 1. The molecule has 0 unspecified atom stereocenters. The van der Waals surface area contributed by atoms with Gasteiger partial charge in [0.1, 0.15) is 11.5 Å². The zero-order valence-electron chi connectivity index (χ0n) is 19.4. The van der Waals surface area contributed by atoms with Crippen LogP contribution < -0.4 is 14.4 Å². The molecule has 0 amide bonds. The lowest BCUT2D eigenvalue weighted by molar-refractivity contribution is 0.120. The van der Waals surface area contributed by atoms with Crippen molar-refractivity contribution in [1.82, 2.24) is 19.8 Å². The van der Waals surface area contributed by atoms with Gasteiger partial charge in [0.2, 0.25) is 5.95 Å². The Labute approximate surface area is 191 Å². The highest BCUT2D eigenvalue weighted by molar-refractivity contribution is 5.41. The third-order valence-electron chi connectivity index (χ3n) is 7.38. The Morgan fingerprint density at radius 2 is 1.78 bits per heavy atom. The summed E-state index contributed by atoms with van der Waals surface area (Å²) in [7, 11) is 3.41. The molecule has 7 nitrogen and oxygen atoms in total. The Morgan fingerprint density at radius 3 is 2.50 bits per heavy atom. The fraction of sp³-hybridized carbons (Fsp3) is 0.600. The average Bonchev–Trinajstić information content (AvgIpc) is 3.00. The highest BCUT2D eigenvalue weighted by Gasteiger charge is 2.29. The molecule has 1 saturated heterocycles. The van der Waals surface area contributed by atoms with Gasteiger partial charge in [-0.1, -0.05) is 12.5 Å². The molecular formula is C25H35N5O2. The molecule has 0 atom stereocenters. The number of piperazine rings is 1. The maximum atomic E-state index is 5.60. The second kappa shape index (κ2) is 9.63. The van der Waals surface area contributed by atoms with Crippen LogP contribution in [0.4, 0.5) is 5.95 Å². The molecule has 0 bridgehead atoms. The van der Waals surface area contributed by atoms with E-state index in [9.17, 15) is 0 Å². The third kappa shape index (κ3) is 4.55. The summed E-state index contributed by atoms with van der Waals surface area (Å²) in [6, 6.07) is 6.91. The van der Waals surface area contributed by atoms with Crippen molar-refractivity contribution < 1.29 is 9.47 Å². The molecule has 3 aliphatic rings. The number of rotatable bonds is 6. The molecule has 0 radical (unpaired) electrons. The fourth-order valence-electron chi connectivity index (χ4n) is 5.08. The summed E-state index contributed by atoms with van der Waals surface area (Å²) in [5, 5.41) is 0. The van der Waals surface area contributed by atoms with Gasteiger partial charge in [-0.05, 0) is 30.9 Å². The van der Waals surface area contributed by atoms with Gasteiger partial charge in [-0.2, -0.15) is 0 Å². The molecule has 2 aliphatic heterocycles. The molecule has 7 heteroatoms. The molecule has 0 spiro atoms. The van der Waals surface area contributed by atoms with Crippen molar-refractivity contribution in [1.29, 1.82) is 0 Å². The molecule has 3 heterocycles. The Bertz CT molecular complexity index is 925. The van der Waals surface area contributed by atoms with Crippen molar-refractivity contribution in [2.45, 2.75) is 44.7 Å². The molecule has 1 aromatic carbocycles. The van der Waals surface area contributed by atoms with Gasteiger partial charge in [-0.3, -0.25) is 9.80 Å². The van der Waals surface area contributed by atoms with Crippen molar-refractivity contribution >= 4 is 5.95 Å². The summed E-state index contributed by atoms with van der Waals surface area (Å²) in [4.78, 5) is 17.3. The summed E-state index contributed by atoms with van der Waals surface area (Å²) < 4.78 is 10.9. The monoisotopic (exact) mass is 437 g/mol. The van der Waals surface area contributed by atoms with E-state index in [-0.39, 0.29) is 0 Å². The van der Waals surface area contributed by atoms with Crippen LogP contribution in [0, 0.1) is 0 Å². The average molecular weight is 438 g/mol. The van der Waals surface area contributed by atoms with E-state index in [0.29, 0.717) is 0 Å². The maximum absolute atomic E-state index is 5.60. The molecular weight excluding hydrogens is 402 g/mol. The summed E-state index contributed by atoms with van der Waals surface area (Å²) >= 11 is 0. The van der Waals surface area contributed by atoms with E-state index in [1.165, 1.54) is 36.1 Å². The number of methoxy groups -OCH3 is 2. The minimum Gasteiger partial charge on any atom is -0.497 e. The number of hydrogen-bond donors (Lipinski definition) is 0. The molecule has 1 aliphatic carbocycles. The molecule has 2 aromatic rings. The Balaban J connectivity index is 1.21. The smallest absolute Gasteiger partial charge is 0.225 e. The van der Waals surface area contributed by atoms with E-state index < -0.39 is 0 Å². The summed E-state index contributed by atoms with van der Waals surface area (Å²) in [5.41, 5.74) is 3.71. The van der Waals surface area contributed by atoms with Crippen LogP contribution in [0.25, 0.3) is 0 Å². The van der Waals surface area contributed by atoms with Crippen LogP contribution in [0.15, 0.2) is 24.4 Å². The second-order valence-corrected chi connectivity index (χ2v) is 9.20. The van der Waals surface area contributed by atoms with Crippen LogP contribution in [0.2, 0.25) is 0 Å². The van der Waals surface area contributed by atoms with Gasteiger partial charge in [-0.15, -0.1) is 0 Å². The lowest BCUT2D eigenvalue weighted by Gasteiger charge is -2.43. The van der Waals surface area contributed by atoms with E-state index >= 15 is 0 Å².